The number of carbonyl (C=O) groups excluding carboxylic acids is 1. The number of carbonyl (C=O) groups is 1. The van der Waals surface area contributed by atoms with Gasteiger partial charge in [0.05, 0.1) is 12.5 Å². The number of hydrogen-bond acceptors (Lipinski definition) is 5. The Balaban J connectivity index is 2.97. The topological polar surface area (TPSA) is 87.2 Å². The molecule has 1 heterocycles. The zero-order valence-electron chi connectivity index (χ0n) is 10.4. The van der Waals surface area contributed by atoms with Gasteiger partial charge in [-0.2, -0.15) is 0 Å². The average molecular weight is 239 g/mol. The fourth-order valence-corrected chi connectivity index (χ4v) is 1.22. The molecule has 94 valence electrons. The van der Waals surface area contributed by atoms with Gasteiger partial charge in [0.2, 0.25) is 0 Å². The van der Waals surface area contributed by atoms with Crippen molar-refractivity contribution in [3.8, 4) is 0 Å². The molecule has 2 N–H and O–H groups in total. The zero-order valence-corrected chi connectivity index (χ0v) is 10.4. The van der Waals surface area contributed by atoms with Crippen molar-refractivity contribution in [2.24, 2.45) is 0 Å². The van der Waals surface area contributed by atoms with E-state index in [1.807, 2.05) is 0 Å². The highest BCUT2D eigenvalue weighted by Crippen LogP contribution is 2.13. The van der Waals surface area contributed by atoms with E-state index >= 15 is 0 Å². The van der Waals surface area contributed by atoms with Gasteiger partial charge in [-0.15, -0.1) is 0 Å². The number of anilines is 1. The molecule has 0 amide bonds. The molecule has 0 aromatic carbocycles. The van der Waals surface area contributed by atoms with Crippen LogP contribution in [-0.2, 0) is 9.53 Å². The number of ether oxygens (including phenoxy) is 1. The van der Waals surface area contributed by atoms with Gasteiger partial charge in [0.15, 0.2) is 0 Å². The van der Waals surface area contributed by atoms with Crippen LogP contribution in [0.3, 0.4) is 0 Å². The standard InChI is InChI=1S/C11H17N3O3/c1-7(10(16)17-11(2,3)4)14-6-13-5-8(12)9(14)15/h5-7H,12H2,1-4H3. The summed E-state index contributed by atoms with van der Waals surface area (Å²) in [7, 11) is 0. The first-order valence-corrected chi connectivity index (χ1v) is 5.27. The van der Waals surface area contributed by atoms with E-state index in [1.54, 1.807) is 27.7 Å². The molecule has 6 nitrogen and oxygen atoms in total. The van der Waals surface area contributed by atoms with E-state index in [1.165, 1.54) is 12.5 Å². The maximum atomic E-state index is 11.8. The smallest absolute Gasteiger partial charge is 0.329 e. The summed E-state index contributed by atoms with van der Waals surface area (Å²) >= 11 is 0. The Labute approximate surface area is 99.4 Å². The van der Waals surface area contributed by atoms with Crippen molar-refractivity contribution in [1.82, 2.24) is 9.55 Å². The highest BCUT2D eigenvalue weighted by molar-refractivity contribution is 5.74. The number of nitrogens with zero attached hydrogens (tertiary/aromatic N) is 2. The van der Waals surface area contributed by atoms with Crippen LogP contribution in [0.5, 0.6) is 0 Å². The summed E-state index contributed by atoms with van der Waals surface area (Å²) in [6.45, 7) is 6.85. The highest BCUT2D eigenvalue weighted by Gasteiger charge is 2.23. The van der Waals surface area contributed by atoms with E-state index < -0.39 is 23.2 Å². The summed E-state index contributed by atoms with van der Waals surface area (Å²) in [5.41, 5.74) is 4.40. The number of nitrogens with two attached hydrogens (primary N) is 1. The monoisotopic (exact) mass is 239 g/mol. The summed E-state index contributed by atoms with van der Waals surface area (Å²) in [5.74, 6) is -0.494. The third-order valence-corrected chi connectivity index (χ3v) is 2.05. The van der Waals surface area contributed by atoms with E-state index in [-0.39, 0.29) is 5.69 Å². The molecular formula is C11H17N3O3. The first-order valence-electron chi connectivity index (χ1n) is 5.27. The molecule has 1 atom stereocenters. The third kappa shape index (κ3) is 3.30. The molecule has 1 rings (SSSR count). The van der Waals surface area contributed by atoms with Crippen LogP contribution in [0, 0.1) is 0 Å². The van der Waals surface area contributed by atoms with Crippen molar-refractivity contribution >= 4 is 11.7 Å². The van der Waals surface area contributed by atoms with Crippen molar-refractivity contribution in [2.75, 3.05) is 5.73 Å². The molecule has 0 saturated carbocycles. The molecular weight excluding hydrogens is 222 g/mol. The average Bonchev–Trinajstić information content (AvgIpc) is 2.18. The lowest BCUT2D eigenvalue weighted by Gasteiger charge is -2.22. The SMILES string of the molecule is CC(C(=O)OC(C)(C)C)n1cncc(N)c1=O. The summed E-state index contributed by atoms with van der Waals surface area (Å²) < 4.78 is 6.34. The molecule has 6 heteroatoms. The second kappa shape index (κ2) is 4.57. The Morgan fingerprint density at radius 1 is 1.53 bits per heavy atom. The van der Waals surface area contributed by atoms with Crippen LogP contribution in [0.4, 0.5) is 5.69 Å². The molecule has 0 spiro atoms. The van der Waals surface area contributed by atoms with Crippen LogP contribution in [-0.4, -0.2) is 21.1 Å². The predicted octanol–water partition coefficient (Wildman–Crippen LogP) is 0.728. The molecule has 0 bridgehead atoms. The van der Waals surface area contributed by atoms with Crippen molar-refractivity contribution < 1.29 is 9.53 Å². The Bertz CT molecular complexity index is 474. The maximum absolute atomic E-state index is 11.8. The van der Waals surface area contributed by atoms with Gasteiger partial charge in [0, 0.05) is 0 Å². The third-order valence-electron chi connectivity index (χ3n) is 2.05. The highest BCUT2D eigenvalue weighted by atomic mass is 16.6. The molecule has 0 aliphatic carbocycles. The Morgan fingerprint density at radius 2 is 2.12 bits per heavy atom. The van der Waals surface area contributed by atoms with Crippen LogP contribution in [0.1, 0.15) is 33.7 Å². The molecule has 0 aliphatic rings. The van der Waals surface area contributed by atoms with Gasteiger partial charge < -0.3 is 10.5 Å². The number of hydrogen-bond donors (Lipinski definition) is 1. The Morgan fingerprint density at radius 3 is 2.65 bits per heavy atom. The van der Waals surface area contributed by atoms with Gasteiger partial charge in [-0.05, 0) is 27.7 Å². The lowest BCUT2D eigenvalue weighted by atomic mass is 10.2. The van der Waals surface area contributed by atoms with Crippen molar-refractivity contribution in [3.05, 3.63) is 22.9 Å². The Kier molecular flexibility index (Phi) is 3.55. The maximum Gasteiger partial charge on any atom is 0.329 e. The fourth-order valence-electron chi connectivity index (χ4n) is 1.22. The van der Waals surface area contributed by atoms with Gasteiger partial charge >= 0.3 is 5.97 Å². The van der Waals surface area contributed by atoms with Crippen molar-refractivity contribution in [1.29, 1.82) is 0 Å². The van der Waals surface area contributed by atoms with E-state index in [4.69, 9.17) is 10.5 Å². The summed E-state index contributed by atoms with van der Waals surface area (Å²) in [6.07, 6.45) is 2.52. The fraction of sp³-hybridized carbons (Fsp3) is 0.545. The molecule has 0 fully saturated rings. The van der Waals surface area contributed by atoms with Gasteiger partial charge in [-0.1, -0.05) is 0 Å². The van der Waals surface area contributed by atoms with Crippen LogP contribution >= 0.6 is 0 Å². The second-order valence-corrected chi connectivity index (χ2v) is 4.77. The van der Waals surface area contributed by atoms with E-state index in [0.717, 1.165) is 4.57 Å². The van der Waals surface area contributed by atoms with Crippen LogP contribution < -0.4 is 11.3 Å². The predicted molar refractivity (Wildman–Crippen MR) is 63.5 cm³/mol. The van der Waals surface area contributed by atoms with Crippen molar-refractivity contribution in [2.45, 2.75) is 39.3 Å². The van der Waals surface area contributed by atoms with E-state index in [0.29, 0.717) is 0 Å². The minimum Gasteiger partial charge on any atom is -0.458 e. The minimum atomic E-state index is -0.752. The second-order valence-electron chi connectivity index (χ2n) is 4.77. The first kappa shape index (κ1) is 13.2. The largest absolute Gasteiger partial charge is 0.458 e. The molecule has 1 aromatic heterocycles. The zero-order chi connectivity index (χ0) is 13.2. The summed E-state index contributed by atoms with van der Waals surface area (Å²) in [4.78, 5) is 27.2. The van der Waals surface area contributed by atoms with Gasteiger partial charge in [0.1, 0.15) is 17.3 Å². The van der Waals surface area contributed by atoms with E-state index in [9.17, 15) is 9.59 Å². The molecule has 1 unspecified atom stereocenters. The van der Waals surface area contributed by atoms with E-state index in [2.05, 4.69) is 4.98 Å². The molecule has 0 radical (unpaired) electrons. The quantitative estimate of drug-likeness (QED) is 0.769. The lowest BCUT2D eigenvalue weighted by Crippen LogP contribution is -2.34. The number of aromatic nitrogens is 2. The minimum absolute atomic E-state index is 0.00269. The summed E-state index contributed by atoms with van der Waals surface area (Å²) in [5, 5.41) is 0. The molecule has 0 saturated heterocycles. The number of rotatable bonds is 2. The normalized spacial score (nSPS) is 13.2. The molecule has 1 aromatic rings. The lowest BCUT2D eigenvalue weighted by molar-refractivity contribution is -0.158. The number of nitrogen functional groups attached to an aromatic ring is 1. The first-order chi connectivity index (χ1) is 7.72. The number of esters is 1. The Hall–Kier alpha value is -1.85. The molecule has 0 aliphatic heterocycles. The summed E-state index contributed by atoms with van der Waals surface area (Å²) in [6, 6.07) is -0.752. The van der Waals surface area contributed by atoms with Crippen LogP contribution in [0.15, 0.2) is 17.3 Å². The van der Waals surface area contributed by atoms with Crippen LogP contribution in [0.2, 0.25) is 0 Å². The van der Waals surface area contributed by atoms with Gasteiger partial charge in [-0.25, -0.2) is 9.78 Å². The molecule has 17 heavy (non-hydrogen) atoms. The van der Waals surface area contributed by atoms with Gasteiger partial charge in [0.25, 0.3) is 5.56 Å². The van der Waals surface area contributed by atoms with Gasteiger partial charge in [-0.3, -0.25) is 9.36 Å². The van der Waals surface area contributed by atoms with Crippen LogP contribution in [0.25, 0.3) is 0 Å². The van der Waals surface area contributed by atoms with Crippen molar-refractivity contribution in [3.63, 3.8) is 0 Å².